The summed E-state index contributed by atoms with van der Waals surface area (Å²) in [6.45, 7) is 0.203. The molecular weight excluding hydrogens is 320 g/mol. The lowest BCUT2D eigenvalue weighted by atomic mass is 10.0. The van der Waals surface area contributed by atoms with E-state index in [0.29, 0.717) is 23.0 Å². The summed E-state index contributed by atoms with van der Waals surface area (Å²) in [7, 11) is 0. The maximum atomic E-state index is 10.8. The van der Waals surface area contributed by atoms with Crippen molar-refractivity contribution >= 4 is 12.0 Å². The number of ether oxygens (including phenoxy) is 2. The van der Waals surface area contributed by atoms with Crippen LogP contribution < -0.4 is 9.47 Å². The Labute approximate surface area is 143 Å². The van der Waals surface area contributed by atoms with Crippen molar-refractivity contribution in [2.45, 2.75) is 0 Å². The molecule has 2 heterocycles. The van der Waals surface area contributed by atoms with Gasteiger partial charge in [-0.05, 0) is 35.9 Å². The van der Waals surface area contributed by atoms with E-state index in [1.165, 1.54) is 6.08 Å². The lowest BCUT2D eigenvalue weighted by Gasteiger charge is -2.04. The fraction of sp³-hybridized carbons (Fsp3) is 0.0500. The van der Waals surface area contributed by atoms with Crippen LogP contribution in [-0.4, -0.2) is 17.9 Å². The van der Waals surface area contributed by atoms with Crippen molar-refractivity contribution in [3.8, 4) is 33.9 Å². The molecule has 1 aliphatic heterocycles. The molecule has 3 aromatic rings. The minimum Gasteiger partial charge on any atom is -0.478 e. The quantitative estimate of drug-likeness (QED) is 0.714. The van der Waals surface area contributed by atoms with E-state index in [2.05, 4.69) is 0 Å². The predicted octanol–water partition coefficient (Wildman–Crippen LogP) is 4.44. The van der Waals surface area contributed by atoms with Crippen LogP contribution in [0.1, 0.15) is 5.76 Å². The van der Waals surface area contributed by atoms with E-state index >= 15 is 0 Å². The van der Waals surface area contributed by atoms with Crippen LogP contribution in [0.3, 0.4) is 0 Å². The smallest absolute Gasteiger partial charge is 0.328 e. The van der Waals surface area contributed by atoms with E-state index in [9.17, 15) is 4.79 Å². The van der Waals surface area contributed by atoms with Crippen LogP contribution in [0.25, 0.3) is 28.5 Å². The Hall–Kier alpha value is -3.47. The second-order valence-corrected chi connectivity index (χ2v) is 5.50. The number of hydrogen-bond acceptors (Lipinski definition) is 4. The number of aliphatic carboxylic acids is 1. The highest BCUT2D eigenvalue weighted by molar-refractivity contribution is 5.87. The fourth-order valence-electron chi connectivity index (χ4n) is 2.73. The third-order valence-electron chi connectivity index (χ3n) is 3.86. The van der Waals surface area contributed by atoms with Gasteiger partial charge in [0.2, 0.25) is 6.79 Å². The molecule has 0 radical (unpaired) electrons. The number of hydrogen-bond donors (Lipinski definition) is 1. The standard InChI is InChI=1S/C20H14O5/c21-19(22)9-7-15-11-16(13-4-2-1-3-5-13)20(25-15)14-6-8-17-18(10-14)24-12-23-17/h1-11H,12H2,(H,21,22)/b9-7+. The molecule has 0 unspecified atom stereocenters. The third-order valence-corrected chi connectivity index (χ3v) is 3.86. The van der Waals surface area contributed by atoms with Crippen molar-refractivity contribution < 1.29 is 23.8 Å². The number of benzene rings is 2. The van der Waals surface area contributed by atoms with Crippen molar-refractivity contribution in [1.29, 1.82) is 0 Å². The number of fused-ring (bicyclic) bond motifs is 1. The van der Waals surface area contributed by atoms with Gasteiger partial charge >= 0.3 is 5.97 Å². The minimum absolute atomic E-state index is 0.203. The maximum Gasteiger partial charge on any atom is 0.328 e. The summed E-state index contributed by atoms with van der Waals surface area (Å²) in [5.41, 5.74) is 2.69. The number of carboxylic acid groups (broad SMARTS) is 1. The summed E-state index contributed by atoms with van der Waals surface area (Å²) >= 11 is 0. The zero-order chi connectivity index (χ0) is 17.2. The normalized spacial score (nSPS) is 12.6. The minimum atomic E-state index is -1.03. The highest BCUT2D eigenvalue weighted by Crippen LogP contribution is 2.40. The van der Waals surface area contributed by atoms with E-state index in [-0.39, 0.29) is 6.79 Å². The highest BCUT2D eigenvalue weighted by Gasteiger charge is 2.19. The Kier molecular flexibility index (Phi) is 3.74. The molecule has 5 nitrogen and oxygen atoms in total. The second kappa shape index (κ2) is 6.20. The fourth-order valence-corrected chi connectivity index (χ4v) is 2.73. The number of furan rings is 1. The lowest BCUT2D eigenvalue weighted by Crippen LogP contribution is -1.92. The Bertz CT molecular complexity index is 953. The van der Waals surface area contributed by atoms with Crippen molar-refractivity contribution in [3.05, 3.63) is 66.4 Å². The van der Waals surface area contributed by atoms with E-state index in [1.807, 2.05) is 54.6 Å². The topological polar surface area (TPSA) is 68.9 Å². The van der Waals surface area contributed by atoms with E-state index in [0.717, 1.165) is 22.8 Å². The first-order chi connectivity index (χ1) is 12.2. The van der Waals surface area contributed by atoms with Crippen LogP contribution in [0.15, 0.2) is 65.1 Å². The summed E-state index contributed by atoms with van der Waals surface area (Å²) in [4.78, 5) is 10.8. The van der Waals surface area contributed by atoms with E-state index in [1.54, 1.807) is 0 Å². The zero-order valence-electron chi connectivity index (χ0n) is 13.1. The average molecular weight is 334 g/mol. The van der Waals surface area contributed by atoms with Gasteiger partial charge in [-0.3, -0.25) is 0 Å². The average Bonchev–Trinajstić information content (AvgIpc) is 3.27. The molecule has 25 heavy (non-hydrogen) atoms. The van der Waals surface area contributed by atoms with E-state index < -0.39 is 5.97 Å². The van der Waals surface area contributed by atoms with Crippen molar-refractivity contribution in [3.63, 3.8) is 0 Å². The molecule has 0 spiro atoms. The van der Waals surface area contributed by atoms with Gasteiger partial charge in [-0.2, -0.15) is 0 Å². The molecule has 0 bridgehead atoms. The van der Waals surface area contributed by atoms with Crippen molar-refractivity contribution in [1.82, 2.24) is 0 Å². The predicted molar refractivity (Wildman–Crippen MR) is 92.4 cm³/mol. The van der Waals surface area contributed by atoms with Crippen LogP contribution in [0.5, 0.6) is 11.5 Å². The van der Waals surface area contributed by atoms with Crippen LogP contribution in [0.4, 0.5) is 0 Å². The molecule has 0 saturated heterocycles. The maximum absolute atomic E-state index is 10.8. The van der Waals surface area contributed by atoms with Gasteiger partial charge in [0.05, 0.1) is 0 Å². The second-order valence-electron chi connectivity index (χ2n) is 5.50. The largest absolute Gasteiger partial charge is 0.478 e. The molecule has 5 heteroatoms. The first-order valence-electron chi connectivity index (χ1n) is 7.71. The molecule has 0 aliphatic carbocycles. The van der Waals surface area contributed by atoms with Gasteiger partial charge in [-0.25, -0.2) is 4.79 Å². The first-order valence-corrected chi connectivity index (χ1v) is 7.71. The van der Waals surface area contributed by atoms with Gasteiger partial charge in [0.15, 0.2) is 11.5 Å². The van der Waals surface area contributed by atoms with Gasteiger partial charge in [-0.1, -0.05) is 30.3 Å². The summed E-state index contributed by atoms with van der Waals surface area (Å²) in [6, 6.07) is 17.2. The number of carbonyl (C=O) groups is 1. The summed E-state index contributed by atoms with van der Waals surface area (Å²) in [6.07, 6.45) is 2.49. The van der Waals surface area contributed by atoms with Gasteiger partial charge < -0.3 is 19.0 Å². The van der Waals surface area contributed by atoms with Gasteiger partial charge in [-0.15, -0.1) is 0 Å². The number of carboxylic acids is 1. The Morgan fingerprint density at radius 3 is 2.56 bits per heavy atom. The van der Waals surface area contributed by atoms with Gasteiger partial charge in [0, 0.05) is 17.2 Å². The Morgan fingerprint density at radius 2 is 1.76 bits per heavy atom. The van der Waals surface area contributed by atoms with E-state index in [4.69, 9.17) is 19.0 Å². The molecular formula is C20H14O5. The molecule has 0 amide bonds. The summed E-state index contributed by atoms with van der Waals surface area (Å²) in [5, 5.41) is 8.83. The SMILES string of the molecule is O=C(O)/C=C/c1cc(-c2ccccc2)c(-c2ccc3c(c2)OCO3)o1. The Balaban J connectivity index is 1.83. The molecule has 2 aromatic carbocycles. The number of rotatable bonds is 4. The molecule has 124 valence electrons. The zero-order valence-corrected chi connectivity index (χ0v) is 13.1. The van der Waals surface area contributed by atoms with Crippen molar-refractivity contribution in [2.24, 2.45) is 0 Å². The van der Waals surface area contributed by atoms with Crippen LogP contribution in [0.2, 0.25) is 0 Å². The van der Waals surface area contributed by atoms with Crippen LogP contribution in [-0.2, 0) is 4.79 Å². The third kappa shape index (κ3) is 2.99. The molecule has 4 rings (SSSR count). The monoisotopic (exact) mass is 334 g/mol. The molecule has 1 aromatic heterocycles. The van der Waals surface area contributed by atoms with Crippen LogP contribution >= 0.6 is 0 Å². The summed E-state index contributed by atoms with van der Waals surface area (Å²) < 4.78 is 16.7. The van der Waals surface area contributed by atoms with Crippen LogP contribution in [0, 0.1) is 0 Å². The molecule has 0 atom stereocenters. The van der Waals surface area contributed by atoms with Gasteiger partial charge in [0.1, 0.15) is 11.5 Å². The molecule has 1 N–H and O–H groups in total. The molecule has 1 aliphatic rings. The molecule has 0 saturated carbocycles. The first kappa shape index (κ1) is 15.1. The summed E-state index contributed by atoms with van der Waals surface area (Å²) in [5.74, 6) is 1.45. The lowest BCUT2D eigenvalue weighted by molar-refractivity contribution is -0.131. The van der Waals surface area contributed by atoms with Crippen molar-refractivity contribution in [2.75, 3.05) is 6.79 Å². The van der Waals surface area contributed by atoms with Gasteiger partial charge in [0.25, 0.3) is 0 Å². The highest BCUT2D eigenvalue weighted by atomic mass is 16.7. The molecule has 0 fully saturated rings. The Morgan fingerprint density at radius 1 is 0.960 bits per heavy atom.